The molecule has 0 bridgehead atoms. The molecule has 0 aliphatic heterocycles. The van der Waals surface area contributed by atoms with E-state index in [2.05, 4.69) is 10.3 Å². The highest BCUT2D eigenvalue weighted by molar-refractivity contribution is 5.83. The van der Waals surface area contributed by atoms with E-state index in [-0.39, 0.29) is 17.7 Å². The van der Waals surface area contributed by atoms with Gasteiger partial charge in [0.25, 0.3) is 5.56 Å². The van der Waals surface area contributed by atoms with E-state index in [1.165, 1.54) is 0 Å². The first-order valence-corrected chi connectivity index (χ1v) is 8.30. The lowest BCUT2D eigenvalue weighted by molar-refractivity contribution is -0.137. The first-order chi connectivity index (χ1) is 12.6. The van der Waals surface area contributed by atoms with Crippen molar-refractivity contribution in [2.45, 2.75) is 25.4 Å². The highest BCUT2D eigenvalue weighted by Crippen LogP contribution is 2.34. The fourth-order valence-corrected chi connectivity index (χ4v) is 2.87. The third kappa shape index (κ3) is 4.13. The van der Waals surface area contributed by atoms with Crippen molar-refractivity contribution in [3.63, 3.8) is 0 Å². The standard InChI is InChI=1S/C20H18F4N2O/c1-19(2,13-8-14(20(22,23)24)10-15(21)9-13)11-25-17-7-12-5-3-4-6-16(12)18(27)26-17/h3-10H,11H2,1-2H3,(H2,25,26,27). The maximum atomic E-state index is 13.7. The van der Waals surface area contributed by atoms with Crippen molar-refractivity contribution in [1.29, 1.82) is 0 Å². The molecule has 2 N–H and O–H groups in total. The average Bonchev–Trinajstić information content (AvgIpc) is 2.59. The summed E-state index contributed by atoms with van der Waals surface area (Å²) in [5.41, 5.74) is -1.89. The maximum Gasteiger partial charge on any atom is 0.416 e. The Balaban J connectivity index is 1.87. The monoisotopic (exact) mass is 378 g/mol. The van der Waals surface area contributed by atoms with Gasteiger partial charge in [-0.25, -0.2) is 4.39 Å². The zero-order chi connectivity index (χ0) is 19.8. The van der Waals surface area contributed by atoms with Crippen molar-refractivity contribution >= 4 is 16.6 Å². The molecule has 0 amide bonds. The van der Waals surface area contributed by atoms with Gasteiger partial charge in [-0.2, -0.15) is 13.2 Å². The van der Waals surface area contributed by atoms with Crippen LogP contribution in [0.15, 0.2) is 53.3 Å². The summed E-state index contributed by atoms with van der Waals surface area (Å²) >= 11 is 0. The maximum absolute atomic E-state index is 13.7. The molecular formula is C20H18F4N2O. The number of H-pyrrole nitrogens is 1. The average molecular weight is 378 g/mol. The molecule has 0 radical (unpaired) electrons. The molecule has 1 heterocycles. The summed E-state index contributed by atoms with van der Waals surface area (Å²) in [6.07, 6.45) is -4.62. The molecule has 0 fully saturated rings. The number of aromatic amines is 1. The van der Waals surface area contributed by atoms with Crippen molar-refractivity contribution < 1.29 is 17.6 Å². The number of rotatable bonds is 4. The van der Waals surface area contributed by atoms with Gasteiger partial charge in [0, 0.05) is 17.3 Å². The van der Waals surface area contributed by atoms with Gasteiger partial charge in [0.1, 0.15) is 11.6 Å². The number of alkyl halides is 3. The Morgan fingerprint density at radius 2 is 1.67 bits per heavy atom. The van der Waals surface area contributed by atoms with Crippen molar-refractivity contribution in [1.82, 2.24) is 4.98 Å². The van der Waals surface area contributed by atoms with Gasteiger partial charge in [-0.15, -0.1) is 0 Å². The minimum Gasteiger partial charge on any atom is -0.371 e. The van der Waals surface area contributed by atoms with Crippen LogP contribution in [0, 0.1) is 5.82 Å². The van der Waals surface area contributed by atoms with Crippen molar-refractivity contribution in [3.8, 4) is 0 Å². The number of pyridine rings is 1. The third-order valence-corrected chi connectivity index (χ3v) is 4.48. The van der Waals surface area contributed by atoms with Gasteiger partial charge in [0.15, 0.2) is 0 Å². The van der Waals surface area contributed by atoms with Gasteiger partial charge in [-0.1, -0.05) is 32.0 Å². The number of nitrogens with one attached hydrogen (secondary N) is 2. The lowest BCUT2D eigenvalue weighted by Crippen LogP contribution is -2.29. The normalized spacial score (nSPS) is 12.4. The zero-order valence-corrected chi connectivity index (χ0v) is 14.7. The van der Waals surface area contributed by atoms with Gasteiger partial charge in [0.2, 0.25) is 0 Å². The summed E-state index contributed by atoms with van der Waals surface area (Å²) in [6.45, 7) is 3.60. The molecule has 142 valence electrons. The van der Waals surface area contributed by atoms with Crippen LogP contribution < -0.4 is 10.9 Å². The second-order valence-corrected chi connectivity index (χ2v) is 7.06. The van der Waals surface area contributed by atoms with E-state index in [1.54, 1.807) is 44.2 Å². The molecule has 1 aromatic heterocycles. The minimum absolute atomic E-state index is 0.196. The van der Waals surface area contributed by atoms with E-state index in [9.17, 15) is 22.4 Å². The van der Waals surface area contributed by atoms with E-state index in [0.717, 1.165) is 17.5 Å². The van der Waals surface area contributed by atoms with Crippen LogP contribution in [0.4, 0.5) is 23.4 Å². The molecule has 0 aliphatic rings. The smallest absolute Gasteiger partial charge is 0.371 e. The summed E-state index contributed by atoms with van der Waals surface area (Å²) in [5.74, 6) is -0.494. The zero-order valence-electron chi connectivity index (χ0n) is 14.7. The van der Waals surface area contributed by atoms with Gasteiger partial charge >= 0.3 is 6.18 Å². The Hall–Kier alpha value is -2.83. The number of hydrogen-bond acceptors (Lipinski definition) is 2. The van der Waals surface area contributed by atoms with Crippen LogP contribution in [0.25, 0.3) is 10.8 Å². The highest BCUT2D eigenvalue weighted by Gasteiger charge is 2.33. The van der Waals surface area contributed by atoms with Gasteiger partial charge in [-0.3, -0.25) is 4.79 Å². The van der Waals surface area contributed by atoms with Gasteiger partial charge < -0.3 is 10.3 Å². The van der Waals surface area contributed by atoms with Crippen molar-refractivity contribution in [2.75, 3.05) is 11.9 Å². The number of fused-ring (bicyclic) bond motifs is 1. The molecule has 27 heavy (non-hydrogen) atoms. The molecule has 0 saturated heterocycles. The molecule has 3 rings (SSSR count). The van der Waals surface area contributed by atoms with Crippen molar-refractivity contribution in [2.24, 2.45) is 0 Å². The highest BCUT2D eigenvalue weighted by atomic mass is 19.4. The Labute approximate surface area is 153 Å². The number of hydrogen-bond donors (Lipinski definition) is 2. The lowest BCUT2D eigenvalue weighted by Gasteiger charge is -2.27. The van der Waals surface area contributed by atoms with Crippen LogP contribution in [0.2, 0.25) is 0 Å². The fourth-order valence-electron chi connectivity index (χ4n) is 2.87. The summed E-state index contributed by atoms with van der Waals surface area (Å²) < 4.78 is 52.6. The molecule has 0 spiro atoms. The summed E-state index contributed by atoms with van der Waals surface area (Å²) in [4.78, 5) is 14.8. The molecule has 0 atom stereocenters. The Kier molecular flexibility index (Phi) is 4.71. The third-order valence-electron chi connectivity index (χ3n) is 4.48. The fraction of sp³-hybridized carbons (Fsp3) is 0.250. The van der Waals surface area contributed by atoms with E-state index < -0.39 is 23.0 Å². The van der Waals surface area contributed by atoms with Crippen molar-refractivity contribution in [3.05, 3.63) is 75.8 Å². The van der Waals surface area contributed by atoms with Gasteiger partial charge in [-0.05, 0) is 41.3 Å². The second kappa shape index (κ2) is 6.72. The van der Waals surface area contributed by atoms with E-state index in [1.807, 2.05) is 0 Å². The largest absolute Gasteiger partial charge is 0.416 e. The summed E-state index contributed by atoms with van der Waals surface area (Å²) in [5, 5.41) is 4.32. The summed E-state index contributed by atoms with van der Waals surface area (Å²) in [6, 6.07) is 11.3. The van der Waals surface area contributed by atoms with E-state index in [4.69, 9.17) is 0 Å². The first kappa shape index (κ1) is 18.9. The minimum atomic E-state index is -4.62. The van der Waals surface area contributed by atoms with Crippen LogP contribution in [-0.4, -0.2) is 11.5 Å². The SMILES string of the molecule is CC(C)(CNc1cc2ccccc2c(=O)[nH]1)c1cc(F)cc(C(F)(F)F)c1. The molecular weight excluding hydrogens is 360 g/mol. The number of halogens is 4. The van der Waals surface area contributed by atoms with Crippen LogP contribution in [0.1, 0.15) is 25.0 Å². The number of benzene rings is 2. The van der Waals surface area contributed by atoms with Crippen LogP contribution in [0.5, 0.6) is 0 Å². The van der Waals surface area contributed by atoms with Crippen LogP contribution in [0.3, 0.4) is 0 Å². The molecule has 2 aromatic carbocycles. The lowest BCUT2D eigenvalue weighted by atomic mass is 9.83. The van der Waals surface area contributed by atoms with E-state index in [0.29, 0.717) is 17.3 Å². The molecule has 3 nitrogen and oxygen atoms in total. The molecule has 7 heteroatoms. The Morgan fingerprint density at radius 1 is 1.00 bits per heavy atom. The Morgan fingerprint density at radius 3 is 2.37 bits per heavy atom. The first-order valence-electron chi connectivity index (χ1n) is 8.30. The molecule has 0 unspecified atom stereocenters. The molecule has 0 aliphatic carbocycles. The second-order valence-electron chi connectivity index (χ2n) is 7.06. The molecule has 0 saturated carbocycles. The Bertz CT molecular complexity index is 1040. The van der Waals surface area contributed by atoms with E-state index >= 15 is 0 Å². The topological polar surface area (TPSA) is 44.9 Å². The number of anilines is 1. The van der Waals surface area contributed by atoms with Crippen LogP contribution in [-0.2, 0) is 11.6 Å². The van der Waals surface area contributed by atoms with Gasteiger partial charge in [0.05, 0.1) is 5.56 Å². The molecule has 3 aromatic rings. The summed E-state index contributed by atoms with van der Waals surface area (Å²) in [7, 11) is 0. The quantitative estimate of drug-likeness (QED) is 0.622. The predicted molar refractivity (Wildman–Crippen MR) is 97.5 cm³/mol. The predicted octanol–water partition coefficient (Wildman–Crippen LogP) is 5.08. The van der Waals surface area contributed by atoms with Crippen LogP contribution >= 0.6 is 0 Å². The number of aromatic nitrogens is 1.